The third kappa shape index (κ3) is 2.94. The van der Waals surface area contributed by atoms with Gasteiger partial charge in [0, 0.05) is 0 Å². The molecular formula is C14H22O4. The first-order valence-corrected chi connectivity index (χ1v) is 6.12. The van der Waals surface area contributed by atoms with E-state index in [0.29, 0.717) is 0 Å². The van der Waals surface area contributed by atoms with Crippen molar-refractivity contribution in [1.29, 1.82) is 0 Å². The zero-order chi connectivity index (χ0) is 13.7. The summed E-state index contributed by atoms with van der Waals surface area (Å²) in [6.45, 7) is 8.47. The van der Waals surface area contributed by atoms with Crippen molar-refractivity contribution in [2.24, 2.45) is 0 Å². The van der Waals surface area contributed by atoms with Crippen LogP contribution in [0.15, 0.2) is 0 Å². The van der Waals surface area contributed by atoms with Crippen LogP contribution in [0.5, 0.6) is 11.5 Å². The zero-order valence-electron chi connectivity index (χ0n) is 11.5. The van der Waals surface area contributed by atoms with Gasteiger partial charge in [0.05, 0.1) is 13.2 Å². The summed E-state index contributed by atoms with van der Waals surface area (Å²) in [5.74, 6) is 1.63. The number of rotatable bonds is 6. The van der Waals surface area contributed by atoms with Gasteiger partial charge in [0.2, 0.25) is 0 Å². The van der Waals surface area contributed by atoms with Crippen molar-refractivity contribution < 1.29 is 19.7 Å². The average Bonchev–Trinajstić information content (AvgIpc) is 2.37. The standard InChI is InChI=1S/C14H22O4/c1-9-10(2)14(18-8-6-16)12(4)11(3)13(9)17-7-5-15/h15-16H,5-8H2,1-4H3. The highest BCUT2D eigenvalue weighted by atomic mass is 16.5. The van der Waals surface area contributed by atoms with Gasteiger partial charge in [-0.25, -0.2) is 0 Å². The summed E-state index contributed by atoms with van der Waals surface area (Å²) < 4.78 is 11.2. The second-order valence-electron chi connectivity index (χ2n) is 4.30. The van der Waals surface area contributed by atoms with E-state index >= 15 is 0 Å². The topological polar surface area (TPSA) is 58.9 Å². The minimum atomic E-state index is -0.000259. The van der Waals surface area contributed by atoms with Gasteiger partial charge in [-0.2, -0.15) is 0 Å². The van der Waals surface area contributed by atoms with Gasteiger partial charge in [0.25, 0.3) is 0 Å². The van der Waals surface area contributed by atoms with Crippen molar-refractivity contribution in [1.82, 2.24) is 0 Å². The van der Waals surface area contributed by atoms with Crippen LogP contribution < -0.4 is 9.47 Å². The van der Waals surface area contributed by atoms with Crippen molar-refractivity contribution in [3.05, 3.63) is 22.3 Å². The Hall–Kier alpha value is -1.26. The molecule has 0 bridgehead atoms. The zero-order valence-corrected chi connectivity index (χ0v) is 11.5. The fourth-order valence-electron chi connectivity index (χ4n) is 1.97. The van der Waals surface area contributed by atoms with Crippen molar-refractivity contribution in [2.45, 2.75) is 27.7 Å². The third-order valence-electron chi connectivity index (χ3n) is 3.16. The predicted molar refractivity (Wildman–Crippen MR) is 70.6 cm³/mol. The van der Waals surface area contributed by atoms with Crippen molar-refractivity contribution in [3.63, 3.8) is 0 Å². The van der Waals surface area contributed by atoms with Crippen LogP contribution in [-0.4, -0.2) is 36.6 Å². The molecule has 0 unspecified atom stereocenters. The molecule has 0 heterocycles. The lowest BCUT2D eigenvalue weighted by atomic mass is 9.98. The molecule has 1 rings (SSSR count). The Labute approximate surface area is 108 Å². The molecule has 4 heteroatoms. The van der Waals surface area contributed by atoms with Crippen LogP contribution in [-0.2, 0) is 0 Å². The van der Waals surface area contributed by atoms with Gasteiger partial charge in [-0.15, -0.1) is 0 Å². The normalized spacial score (nSPS) is 10.6. The summed E-state index contributed by atoms with van der Waals surface area (Å²) >= 11 is 0. The van der Waals surface area contributed by atoms with Crippen molar-refractivity contribution in [2.75, 3.05) is 26.4 Å². The number of aliphatic hydroxyl groups excluding tert-OH is 2. The fraction of sp³-hybridized carbons (Fsp3) is 0.571. The van der Waals surface area contributed by atoms with Gasteiger partial charge in [-0.05, 0) is 49.9 Å². The maximum Gasteiger partial charge on any atom is 0.126 e. The van der Waals surface area contributed by atoms with E-state index in [1.165, 1.54) is 0 Å². The minimum absolute atomic E-state index is 0.000259. The average molecular weight is 254 g/mol. The number of hydrogen-bond donors (Lipinski definition) is 2. The van der Waals surface area contributed by atoms with Gasteiger partial charge in [-0.1, -0.05) is 0 Å². The molecule has 0 atom stereocenters. The highest BCUT2D eigenvalue weighted by Gasteiger charge is 2.16. The minimum Gasteiger partial charge on any atom is -0.491 e. The van der Waals surface area contributed by atoms with E-state index in [4.69, 9.17) is 19.7 Å². The summed E-state index contributed by atoms with van der Waals surface area (Å²) in [6.07, 6.45) is 0. The van der Waals surface area contributed by atoms with E-state index in [1.807, 2.05) is 27.7 Å². The lowest BCUT2D eigenvalue weighted by molar-refractivity contribution is 0.195. The molecule has 0 aliphatic rings. The predicted octanol–water partition coefficient (Wildman–Crippen LogP) is 1.66. The highest BCUT2D eigenvalue weighted by molar-refractivity contribution is 5.57. The van der Waals surface area contributed by atoms with Gasteiger partial charge < -0.3 is 19.7 Å². The van der Waals surface area contributed by atoms with E-state index in [1.54, 1.807) is 0 Å². The molecule has 1 aromatic rings. The van der Waals surface area contributed by atoms with Crippen LogP contribution in [0, 0.1) is 27.7 Å². The Balaban J connectivity index is 3.18. The molecule has 0 saturated carbocycles. The molecule has 0 aliphatic carbocycles. The molecule has 0 aliphatic heterocycles. The van der Waals surface area contributed by atoms with Crippen LogP contribution in [0.2, 0.25) is 0 Å². The molecule has 18 heavy (non-hydrogen) atoms. The quantitative estimate of drug-likeness (QED) is 0.810. The van der Waals surface area contributed by atoms with Gasteiger partial charge in [0.1, 0.15) is 24.7 Å². The van der Waals surface area contributed by atoms with E-state index in [2.05, 4.69) is 0 Å². The molecule has 0 saturated heterocycles. The Kier molecular flexibility index (Phi) is 5.44. The molecule has 0 fully saturated rings. The summed E-state index contributed by atoms with van der Waals surface area (Å²) in [5.41, 5.74) is 4.05. The molecule has 0 radical (unpaired) electrons. The van der Waals surface area contributed by atoms with Crippen molar-refractivity contribution in [3.8, 4) is 11.5 Å². The molecule has 1 aromatic carbocycles. The maximum atomic E-state index is 8.84. The summed E-state index contributed by atoms with van der Waals surface area (Å²) in [4.78, 5) is 0. The first kappa shape index (κ1) is 14.8. The van der Waals surface area contributed by atoms with Gasteiger partial charge >= 0.3 is 0 Å². The summed E-state index contributed by atoms with van der Waals surface area (Å²) in [5, 5.41) is 17.7. The van der Waals surface area contributed by atoms with E-state index < -0.39 is 0 Å². The van der Waals surface area contributed by atoms with Crippen LogP contribution in [0.1, 0.15) is 22.3 Å². The SMILES string of the molecule is Cc1c(C)c(OCCO)c(C)c(C)c1OCCO. The van der Waals surface area contributed by atoms with Crippen LogP contribution >= 0.6 is 0 Å². The number of ether oxygens (including phenoxy) is 2. The summed E-state index contributed by atoms with van der Waals surface area (Å²) in [6, 6.07) is 0. The summed E-state index contributed by atoms with van der Waals surface area (Å²) in [7, 11) is 0. The smallest absolute Gasteiger partial charge is 0.126 e. The molecule has 0 aromatic heterocycles. The Bertz CT molecular complexity index is 345. The van der Waals surface area contributed by atoms with Gasteiger partial charge in [0.15, 0.2) is 0 Å². The van der Waals surface area contributed by atoms with E-state index in [0.717, 1.165) is 33.8 Å². The van der Waals surface area contributed by atoms with E-state index in [-0.39, 0.29) is 26.4 Å². The monoisotopic (exact) mass is 254 g/mol. The Morgan fingerprint density at radius 1 is 0.667 bits per heavy atom. The number of aliphatic hydroxyl groups is 2. The van der Waals surface area contributed by atoms with Crippen LogP contribution in [0.4, 0.5) is 0 Å². The molecule has 0 spiro atoms. The molecule has 0 amide bonds. The van der Waals surface area contributed by atoms with E-state index in [9.17, 15) is 0 Å². The Morgan fingerprint density at radius 3 is 1.17 bits per heavy atom. The molecule has 4 nitrogen and oxygen atoms in total. The molecular weight excluding hydrogens is 232 g/mol. The largest absolute Gasteiger partial charge is 0.491 e. The second-order valence-corrected chi connectivity index (χ2v) is 4.30. The number of benzene rings is 1. The second kappa shape index (κ2) is 6.61. The lowest BCUT2D eigenvalue weighted by Crippen LogP contribution is -2.09. The fourth-order valence-corrected chi connectivity index (χ4v) is 1.97. The number of hydrogen-bond acceptors (Lipinski definition) is 4. The van der Waals surface area contributed by atoms with Gasteiger partial charge in [-0.3, -0.25) is 0 Å². The van der Waals surface area contributed by atoms with Crippen LogP contribution in [0.25, 0.3) is 0 Å². The first-order valence-electron chi connectivity index (χ1n) is 6.12. The molecule has 2 N–H and O–H groups in total. The Morgan fingerprint density at radius 2 is 0.944 bits per heavy atom. The highest BCUT2D eigenvalue weighted by Crippen LogP contribution is 2.37. The van der Waals surface area contributed by atoms with Crippen molar-refractivity contribution >= 4 is 0 Å². The first-order chi connectivity index (χ1) is 8.54. The molecule has 102 valence electrons. The van der Waals surface area contributed by atoms with Crippen LogP contribution in [0.3, 0.4) is 0 Å². The lowest BCUT2D eigenvalue weighted by Gasteiger charge is -2.20. The third-order valence-corrected chi connectivity index (χ3v) is 3.16. The maximum absolute atomic E-state index is 8.84.